The van der Waals surface area contributed by atoms with Gasteiger partial charge in [0.05, 0.1) is 23.8 Å². The van der Waals surface area contributed by atoms with Gasteiger partial charge in [-0.3, -0.25) is 4.68 Å². The van der Waals surface area contributed by atoms with Crippen LogP contribution < -0.4 is 5.32 Å². The molecule has 0 aliphatic carbocycles. The Hall–Kier alpha value is -1.07. The maximum Gasteiger partial charge on any atom is 0.118 e. The molecule has 4 nitrogen and oxygen atoms in total. The van der Waals surface area contributed by atoms with Crippen molar-refractivity contribution in [2.24, 2.45) is 0 Å². The Bertz CT molecular complexity index is 504. The van der Waals surface area contributed by atoms with E-state index in [9.17, 15) is 0 Å². The van der Waals surface area contributed by atoms with Crippen molar-refractivity contribution in [2.75, 3.05) is 6.54 Å². The molecule has 0 atom stereocenters. The lowest BCUT2D eigenvalue weighted by molar-refractivity contribution is 0.459. The molecule has 0 fully saturated rings. The lowest BCUT2D eigenvalue weighted by atomic mass is 10.2. The zero-order valence-corrected chi connectivity index (χ0v) is 12.3. The Kier molecular flexibility index (Phi) is 4.60. The number of nitrogens with one attached hydrogen (secondary N) is 1. The van der Waals surface area contributed by atoms with Crippen LogP contribution >= 0.6 is 15.9 Å². The molecular weight excluding hydrogens is 294 g/mol. The summed E-state index contributed by atoms with van der Waals surface area (Å²) in [4.78, 5) is 0. The summed E-state index contributed by atoms with van der Waals surface area (Å²) in [6.07, 6.45) is 4.88. The fraction of sp³-hybridized carbons (Fsp3) is 0.462. The molecule has 0 saturated carbocycles. The first-order valence-electron chi connectivity index (χ1n) is 6.16. The fourth-order valence-electron chi connectivity index (χ4n) is 1.82. The molecule has 2 rings (SSSR count). The molecule has 1 N–H and O–H groups in total. The van der Waals surface area contributed by atoms with Gasteiger partial charge in [0.25, 0.3) is 0 Å². The van der Waals surface area contributed by atoms with Crippen molar-refractivity contribution < 1.29 is 4.42 Å². The van der Waals surface area contributed by atoms with Crippen LogP contribution in [-0.4, -0.2) is 16.3 Å². The Morgan fingerprint density at radius 3 is 3.00 bits per heavy atom. The van der Waals surface area contributed by atoms with E-state index in [1.807, 2.05) is 17.8 Å². The first-order chi connectivity index (χ1) is 8.69. The van der Waals surface area contributed by atoms with E-state index >= 15 is 0 Å². The highest BCUT2D eigenvalue weighted by atomic mass is 79.9. The first-order valence-corrected chi connectivity index (χ1v) is 6.95. The average molecular weight is 312 g/mol. The van der Waals surface area contributed by atoms with Crippen LogP contribution in [0.2, 0.25) is 0 Å². The number of halogens is 1. The molecule has 0 aliphatic heterocycles. The van der Waals surface area contributed by atoms with Gasteiger partial charge in [0.1, 0.15) is 11.5 Å². The minimum Gasteiger partial charge on any atom is -0.465 e. The van der Waals surface area contributed by atoms with Gasteiger partial charge < -0.3 is 9.73 Å². The SMILES string of the molecule is CCCNCc1cc(Cn2cc(Br)cn2)c(C)o1. The van der Waals surface area contributed by atoms with E-state index in [0.29, 0.717) is 0 Å². The van der Waals surface area contributed by atoms with Crippen molar-refractivity contribution in [3.63, 3.8) is 0 Å². The maximum absolute atomic E-state index is 5.72. The van der Waals surface area contributed by atoms with Gasteiger partial charge in [-0.15, -0.1) is 0 Å². The van der Waals surface area contributed by atoms with Gasteiger partial charge in [-0.25, -0.2) is 0 Å². The summed E-state index contributed by atoms with van der Waals surface area (Å²) in [6, 6.07) is 2.10. The van der Waals surface area contributed by atoms with Crippen LogP contribution in [0.15, 0.2) is 27.3 Å². The van der Waals surface area contributed by atoms with E-state index in [1.54, 1.807) is 6.20 Å². The van der Waals surface area contributed by atoms with Gasteiger partial charge in [0.15, 0.2) is 0 Å². The number of furan rings is 1. The van der Waals surface area contributed by atoms with Gasteiger partial charge in [0.2, 0.25) is 0 Å². The molecule has 0 bridgehead atoms. The topological polar surface area (TPSA) is 43.0 Å². The lowest BCUT2D eigenvalue weighted by Crippen LogP contribution is -2.13. The molecule has 98 valence electrons. The van der Waals surface area contributed by atoms with Crippen molar-refractivity contribution in [2.45, 2.75) is 33.4 Å². The molecule has 2 heterocycles. The highest BCUT2D eigenvalue weighted by Crippen LogP contribution is 2.16. The van der Waals surface area contributed by atoms with Crippen molar-refractivity contribution in [1.29, 1.82) is 0 Å². The lowest BCUT2D eigenvalue weighted by Gasteiger charge is -1.98. The van der Waals surface area contributed by atoms with E-state index in [4.69, 9.17) is 4.42 Å². The fourth-order valence-corrected chi connectivity index (χ4v) is 2.15. The van der Waals surface area contributed by atoms with Crippen LogP contribution in [-0.2, 0) is 13.1 Å². The largest absolute Gasteiger partial charge is 0.465 e. The van der Waals surface area contributed by atoms with E-state index < -0.39 is 0 Å². The predicted molar refractivity (Wildman–Crippen MR) is 74.5 cm³/mol. The number of aromatic nitrogens is 2. The Balaban J connectivity index is 2.00. The Labute approximate surface area is 115 Å². The number of aryl methyl sites for hydroxylation is 1. The van der Waals surface area contributed by atoms with E-state index in [-0.39, 0.29) is 0 Å². The first kappa shape index (κ1) is 13.4. The van der Waals surface area contributed by atoms with Crippen molar-refractivity contribution >= 4 is 15.9 Å². The summed E-state index contributed by atoms with van der Waals surface area (Å²) in [5.74, 6) is 1.96. The highest BCUT2D eigenvalue weighted by molar-refractivity contribution is 9.10. The summed E-state index contributed by atoms with van der Waals surface area (Å²) < 4.78 is 8.61. The monoisotopic (exact) mass is 311 g/mol. The van der Waals surface area contributed by atoms with E-state index in [2.05, 4.69) is 39.3 Å². The van der Waals surface area contributed by atoms with Gasteiger partial charge in [0, 0.05) is 11.8 Å². The summed E-state index contributed by atoms with van der Waals surface area (Å²) in [5, 5.41) is 7.59. The molecule has 0 spiro atoms. The van der Waals surface area contributed by atoms with Crippen LogP contribution in [0.4, 0.5) is 0 Å². The predicted octanol–water partition coefficient (Wildman–Crippen LogP) is 3.09. The quantitative estimate of drug-likeness (QED) is 0.834. The summed E-state index contributed by atoms with van der Waals surface area (Å²) >= 11 is 3.39. The third-order valence-electron chi connectivity index (χ3n) is 2.73. The van der Waals surface area contributed by atoms with Crippen LogP contribution in [0, 0.1) is 6.92 Å². The van der Waals surface area contributed by atoms with E-state index in [0.717, 1.165) is 42.0 Å². The molecule has 5 heteroatoms. The molecule has 0 unspecified atom stereocenters. The van der Waals surface area contributed by atoms with Crippen LogP contribution in [0.1, 0.15) is 30.4 Å². The molecule has 0 amide bonds. The van der Waals surface area contributed by atoms with Crippen molar-refractivity contribution in [1.82, 2.24) is 15.1 Å². The molecular formula is C13H18BrN3O. The Morgan fingerprint density at radius 2 is 2.33 bits per heavy atom. The third-order valence-corrected chi connectivity index (χ3v) is 3.14. The zero-order valence-electron chi connectivity index (χ0n) is 10.7. The van der Waals surface area contributed by atoms with Crippen molar-refractivity contribution in [3.8, 4) is 0 Å². The summed E-state index contributed by atoms with van der Waals surface area (Å²) in [5.41, 5.74) is 1.18. The summed E-state index contributed by atoms with van der Waals surface area (Å²) in [6.45, 7) is 6.70. The Morgan fingerprint density at radius 1 is 1.50 bits per heavy atom. The summed E-state index contributed by atoms with van der Waals surface area (Å²) in [7, 11) is 0. The second kappa shape index (κ2) is 6.20. The number of hydrogen-bond donors (Lipinski definition) is 1. The average Bonchev–Trinajstić information content (AvgIpc) is 2.88. The molecule has 0 aromatic carbocycles. The molecule has 2 aromatic rings. The van der Waals surface area contributed by atoms with Gasteiger partial charge >= 0.3 is 0 Å². The van der Waals surface area contributed by atoms with Crippen LogP contribution in [0.5, 0.6) is 0 Å². The zero-order chi connectivity index (χ0) is 13.0. The standard InChI is InChI=1S/C13H18BrN3O/c1-3-4-15-7-13-5-11(10(2)18-13)8-17-9-12(14)6-16-17/h5-6,9,15H,3-4,7-8H2,1-2H3. The second-order valence-electron chi connectivity index (χ2n) is 4.33. The smallest absolute Gasteiger partial charge is 0.118 e. The third kappa shape index (κ3) is 3.46. The second-order valence-corrected chi connectivity index (χ2v) is 5.24. The van der Waals surface area contributed by atoms with Gasteiger partial charge in [-0.05, 0) is 41.9 Å². The number of hydrogen-bond acceptors (Lipinski definition) is 3. The minimum absolute atomic E-state index is 0.745. The minimum atomic E-state index is 0.745. The van der Waals surface area contributed by atoms with E-state index in [1.165, 1.54) is 5.56 Å². The molecule has 0 saturated heterocycles. The normalized spacial score (nSPS) is 11.1. The van der Waals surface area contributed by atoms with Gasteiger partial charge in [-0.2, -0.15) is 5.10 Å². The highest BCUT2D eigenvalue weighted by Gasteiger charge is 2.08. The van der Waals surface area contributed by atoms with Crippen molar-refractivity contribution in [3.05, 3.63) is 40.0 Å². The number of rotatable bonds is 6. The number of nitrogens with zero attached hydrogens (tertiary/aromatic N) is 2. The van der Waals surface area contributed by atoms with Crippen LogP contribution in [0.3, 0.4) is 0 Å². The molecule has 0 radical (unpaired) electrons. The maximum atomic E-state index is 5.72. The molecule has 2 aromatic heterocycles. The van der Waals surface area contributed by atoms with Crippen LogP contribution in [0.25, 0.3) is 0 Å². The van der Waals surface area contributed by atoms with Gasteiger partial charge in [-0.1, -0.05) is 6.92 Å². The molecule has 0 aliphatic rings. The molecule has 18 heavy (non-hydrogen) atoms.